The second-order valence-electron chi connectivity index (χ2n) is 5.42. The lowest BCUT2D eigenvalue weighted by Crippen LogP contribution is -2.23. The molecule has 2 amide bonds. The molecule has 2 N–H and O–H groups in total. The van der Waals surface area contributed by atoms with E-state index in [4.69, 9.17) is 4.74 Å². The number of amides is 2. The van der Waals surface area contributed by atoms with Gasteiger partial charge in [0.15, 0.2) is 0 Å². The van der Waals surface area contributed by atoms with E-state index in [0.717, 1.165) is 11.3 Å². The zero-order valence-electron chi connectivity index (χ0n) is 13.9. The Labute approximate surface area is 150 Å². The van der Waals surface area contributed by atoms with E-state index in [1.165, 1.54) is 18.3 Å². The van der Waals surface area contributed by atoms with Gasteiger partial charge in [0.2, 0.25) is 0 Å². The molecule has 26 heavy (non-hydrogen) atoms. The van der Waals surface area contributed by atoms with E-state index in [2.05, 4.69) is 10.6 Å². The topological polar surface area (TPSA) is 50.4 Å². The number of carbonyl (C=O) groups excluding carboxylic acids is 1. The normalized spacial score (nSPS) is 10.5. The van der Waals surface area contributed by atoms with Gasteiger partial charge < -0.3 is 15.4 Å². The van der Waals surface area contributed by atoms with Gasteiger partial charge in [0.05, 0.1) is 0 Å². The lowest BCUT2D eigenvalue weighted by molar-refractivity contribution is 0.255. The third-order valence-corrected chi connectivity index (χ3v) is 3.45. The van der Waals surface area contributed by atoms with E-state index < -0.39 is 0 Å². The number of nitrogens with one attached hydrogen (secondary N) is 2. The molecule has 3 aromatic rings. The molecule has 0 saturated heterocycles. The Morgan fingerprint density at radius 1 is 0.846 bits per heavy atom. The van der Waals surface area contributed by atoms with Crippen LogP contribution < -0.4 is 15.4 Å². The number of carbonyl (C=O) groups is 1. The molecule has 3 rings (SSSR count). The molecule has 0 aliphatic rings. The predicted molar refractivity (Wildman–Crippen MR) is 101 cm³/mol. The molecule has 0 saturated carbocycles. The van der Waals surface area contributed by atoms with Crippen LogP contribution in [0.15, 0.2) is 85.1 Å². The summed E-state index contributed by atoms with van der Waals surface area (Å²) >= 11 is 0. The van der Waals surface area contributed by atoms with Crippen molar-refractivity contribution in [1.29, 1.82) is 0 Å². The fourth-order valence-electron chi connectivity index (χ4n) is 2.19. The molecule has 0 radical (unpaired) electrons. The maximum atomic E-state index is 12.8. The highest BCUT2D eigenvalue weighted by Crippen LogP contribution is 2.22. The van der Waals surface area contributed by atoms with Crippen LogP contribution in [0.25, 0.3) is 6.08 Å². The summed E-state index contributed by atoms with van der Waals surface area (Å²) in [4.78, 5) is 11.9. The molecule has 0 atom stereocenters. The number of benzene rings is 3. The maximum Gasteiger partial charge on any atom is 0.323 e. The second kappa shape index (κ2) is 8.48. The zero-order valence-corrected chi connectivity index (χ0v) is 13.9. The third kappa shape index (κ3) is 5.21. The zero-order chi connectivity index (χ0) is 18.2. The van der Waals surface area contributed by atoms with E-state index in [1.54, 1.807) is 42.5 Å². The molecular weight excluding hydrogens is 331 g/mol. The minimum atomic E-state index is -0.375. The standard InChI is InChI=1S/C21H17FN2O2/c22-17-8-6-16(7-9-17)14-15-23-21(25)24-18-10-12-20(13-11-18)26-19-4-2-1-3-5-19/h1-15H,(H2,23,24,25)/b15-14+. The van der Waals surface area contributed by atoms with Crippen LogP contribution in [0.2, 0.25) is 0 Å². The molecule has 0 aromatic heterocycles. The molecule has 5 heteroatoms. The van der Waals surface area contributed by atoms with Crippen LogP contribution in [0.5, 0.6) is 11.5 Å². The number of halogens is 1. The van der Waals surface area contributed by atoms with Crippen LogP contribution in [0.4, 0.5) is 14.9 Å². The van der Waals surface area contributed by atoms with Crippen molar-refractivity contribution in [2.75, 3.05) is 5.32 Å². The van der Waals surface area contributed by atoms with E-state index in [9.17, 15) is 9.18 Å². The number of para-hydroxylation sites is 1. The molecule has 0 bridgehead atoms. The van der Waals surface area contributed by atoms with Crippen molar-refractivity contribution in [3.63, 3.8) is 0 Å². The van der Waals surface area contributed by atoms with Gasteiger partial charge in [0, 0.05) is 11.9 Å². The van der Waals surface area contributed by atoms with Crippen LogP contribution in [0, 0.1) is 5.82 Å². The monoisotopic (exact) mass is 348 g/mol. The maximum absolute atomic E-state index is 12.8. The highest BCUT2D eigenvalue weighted by molar-refractivity contribution is 5.90. The second-order valence-corrected chi connectivity index (χ2v) is 5.42. The molecular formula is C21H17FN2O2. The van der Waals surface area contributed by atoms with Gasteiger partial charge in [-0.3, -0.25) is 0 Å². The summed E-state index contributed by atoms with van der Waals surface area (Å²) in [5.74, 6) is 1.13. The average molecular weight is 348 g/mol. The molecule has 130 valence electrons. The van der Waals surface area contributed by atoms with E-state index >= 15 is 0 Å². The molecule has 0 aliphatic heterocycles. The number of rotatable bonds is 5. The summed E-state index contributed by atoms with van der Waals surface area (Å²) in [5, 5.41) is 5.30. The Bertz CT molecular complexity index is 876. The number of hydrogen-bond donors (Lipinski definition) is 2. The van der Waals surface area contributed by atoms with Gasteiger partial charge in [-0.1, -0.05) is 30.3 Å². The quantitative estimate of drug-likeness (QED) is 0.648. The first-order valence-corrected chi connectivity index (χ1v) is 8.02. The average Bonchev–Trinajstić information content (AvgIpc) is 2.66. The summed E-state index contributed by atoms with van der Waals surface area (Å²) in [7, 11) is 0. The Morgan fingerprint density at radius 2 is 1.50 bits per heavy atom. The van der Waals surface area contributed by atoms with Crippen LogP contribution in [-0.2, 0) is 0 Å². The molecule has 3 aromatic carbocycles. The summed E-state index contributed by atoms with van der Waals surface area (Å²) in [6.07, 6.45) is 3.17. The fraction of sp³-hybridized carbons (Fsp3) is 0. The van der Waals surface area contributed by atoms with Crippen LogP contribution >= 0.6 is 0 Å². The van der Waals surface area contributed by atoms with E-state index in [-0.39, 0.29) is 11.8 Å². The summed E-state index contributed by atoms with van der Waals surface area (Å²) < 4.78 is 18.5. The van der Waals surface area contributed by atoms with Gasteiger partial charge >= 0.3 is 6.03 Å². The number of hydrogen-bond acceptors (Lipinski definition) is 2. The van der Waals surface area contributed by atoms with Crippen molar-refractivity contribution >= 4 is 17.8 Å². The molecule has 4 nitrogen and oxygen atoms in total. The van der Waals surface area contributed by atoms with Crippen molar-refractivity contribution in [3.05, 3.63) is 96.4 Å². The summed E-state index contributed by atoms with van der Waals surface area (Å²) in [6, 6.07) is 22.1. The minimum absolute atomic E-state index is 0.299. The number of anilines is 1. The third-order valence-electron chi connectivity index (χ3n) is 3.45. The highest BCUT2D eigenvalue weighted by Gasteiger charge is 2.01. The van der Waals surface area contributed by atoms with Crippen molar-refractivity contribution in [3.8, 4) is 11.5 Å². The largest absolute Gasteiger partial charge is 0.457 e. The van der Waals surface area contributed by atoms with Gasteiger partial charge in [-0.2, -0.15) is 0 Å². The Kier molecular flexibility index (Phi) is 5.62. The molecule has 0 heterocycles. The van der Waals surface area contributed by atoms with Gasteiger partial charge in [-0.05, 0) is 60.2 Å². The minimum Gasteiger partial charge on any atom is -0.457 e. The predicted octanol–water partition coefficient (Wildman–Crippen LogP) is 5.41. The van der Waals surface area contributed by atoms with Crippen LogP contribution in [0.3, 0.4) is 0 Å². The number of urea groups is 1. The van der Waals surface area contributed by atoms with Crippen molar-refractivity contribution in [2.45, 2.75) is 0 Å². The van der Waals surface area contributed by atoms with Gasteiger partial charge in [-0.15, -0.1) is 0 Å². The molecule has 0 fully saturated rings. The Balaban J connectivity index is 1.50. The van der Waals surface area contributed by atoms with E-state index in [0.29, 0.717) is 11.4 Å². The van der Waals surface area contributed by atoms with Crippen LogP contribution in [-0.4, -0.2) is 6.03 Å². The molecule has 0 aliphatic carbocycles. The van der Waals surface area contributed by atoms with Crippen molar-refractivity contribution < 1.29 is 13.9 Å². The van der Waals surface area contributed by atoms with Gasteiger partial charge in [0.1, 0.15) is 17.3 Å². The summed E-state index contributed by atoms with van der Waals surface area (Å²) in [6.45, 7) is 0. The Morgan fingerprint density at radius 3 is 2.19 bits per heavy atom. The van der Waals surface area contributed by atoms with E-state index in [1.807, 2.05) is 30.3 Å². The summed E-state index contributed by atoms with van der Waals surface area (Å²) in [5.41, 5.74) is 1.42. The first kappa shape index (κ1) is 17.2. The van der Waals surface area contributed by atoms with Gasteiger partial charge in [-0.25, -0.2) is 9.18 Å². The highest BCUT2D eigenvalue weighted by atomic mass is 19.1. The lowest BCUT2D eigenvalue weighted by atomic mass is 10.2. The number of ether oxygens (including phenoxy) is 1. The first-order chi connectivity index (χ1) is 12.7. The van der Waals surface area contributed by atoms with Crippen molar-refractivity contribution in [1.82, 2.24) is 5.32 Å². The van der Waals surface area contributed by atoms with Crippen LogP contribution in [0.1, 0.15) is 5.56 Å². The first-order valence-electron chi connectivity index (χ1n) is 8.02. The molecule has 0 spiro atoms. The molecule has 0 unspecified atom stereocenters. The smallest absolute Gasteiger partial charge is 0.323 e. The fourth-order valence-corrected chi connectivity index (χ4v) is 2.19. The Hall–Kier alpha value is -3.60. The van der Waals surface area contributed by atoms with Gasteiger partial charge in [0.25, 0.3) is 0 Å². The van der Waals surface area contributed by atoms with Crippen molar-refractivity contribution in [2.24, 2.45) is 0 Å². The lowest BCUT2D eigenvalue weighted by Gasteiger charge is -2.08. The SMILES string of the molecule is O=C(N/C=C/c1ccc(F)cc1)Nc1ccc(Oc2ccccc2)cc1.